The summed E-state index contributed by atoms with van der Waals surface area (Å²) >= 11 is 1.21. The highest BCUT2D eigenvalue weighted by molar-refractivity contribution is 7.99. The van der Waals surface area contributed by atoms with Crippen molar-refractivity contribution in [2.75, 3.05) is 26.9 Å². The molecule has 9 rings (SSSR count). The molecular formula is C64H63N3O14S. The van der Waals surface area contributed by atoms with Crippen LogP contribution in [0.1, 0.15) is 43.0 Å². The highest BCUT2D eigenvalue weighted by Gasteiger charge is 2.57. The first-order chi connectivity index (χ1) is 40.3. The largest absolute Gasteiger partial charge is 0.467 e. The standard InChI is InChI=1S/C64H63N3O14S/c1-71-62(70)58-57(56(75-40-47-29-15-5-16-30-47)59(79-61(69)49-33-19-7-20-34-49)64(81-58)82-51-35-21-8-22-36-51)80-63-53(66-67-65)55(74-39-46-27-13-4-14-28-46)54(52(78-63)43-77-60(68)48-31-17-6-18-32-48)76-42-50(73-38-45-25-11-3-12-26-45)41-72-37-44-23-9-2-10-24-44/h2-36,50,52-59,63-64H,37-43H2,1H3/t50-,52+,53+,54+,55+,56-,57-,58+,59+,63+,64-/m0/s1. The number of rotatable bonds is 27. The van der Waals surface area contributed by atoms with Crippen molar-refractivity contribution in [3.8, 4) is 0 Å². The molecule has 0 amide bonds. The Bertz CT molecular complexity index is 3080. The van der Waals surface area contributed by atoms with Crippen molar-refractivity contribution in [3.63, 3.8) is 0 Å². The van der Waals surface area contributed by atoms with E-state index >= 15 is 0 Å². The predicted molar refractivity (Wildman–Crippen MR) is 303 cm³/mol. The fourth-order valence-electron chi connectivity index (χ4n) is 9.32. The smallest absolute Gasteiger partial charge is 0.338 e. The van der Waals surface area contributed by atoms with Crippen LogP contribution in [0.25, 0.3) is 10.4 Å². The Balaban J connectivity index is 1.10. The van der Waals surface area contributed by atoms with E-state index in [9.17, 15) is 19.9 Å². The highest BCUT2D eigenvalue weighted by Crippen LogP contribution is 2.41. The highest BCUT2D eigenvalue weighted by atomic mass is 32.2. The Kier molecular flexibility index (Phi) is 22.2. The van der Waals surface area contributed by atoms with Crippen molar-refractivity contribution >= 4 is 29.7 Å². The second-order valence-electron chi connectivity index (χ2n) is 19.2. The van der Waals surface area contributed by atoms with Crippen LogP contribution in [-0.2, 0) is 83.3 Å². The van der Waals surface area contributed by atoms with E-state index in [1.54, 1.807) is 60.7 Å². The molecule has 2 aliphatic heterocycles. The molecule has 2 aliphatic rings. The van der Waals surface area contributed by atoms with Gasteiger partial charge in [0.05, 0.1) is 57.9 Å². The van der Waals surface area contributed by atoms with Crippen molar-refractivity contribution in [1.82, 2.24) is 0 Å². The zero-order valence-corrected chi connectivity index (χ0v) is 45.8. The van der Waals surface area contributed by atoms with E-state index in [1.165, 1.54) is 18.9 Å². The third-order valence-electron chi connectivity index (χ3n) is 13.4. The molecule has 0 saturated carbocycles. The Labute approximate surface area is 480 Å². The van der Waals surface area contributed by atoms with E-state index in [0.29, 0.717) is 6.61 Å². The topological polar surface area (TPSA) is 202 Å². The zero-order chi connectivity index (χ0) is 56.7. The van der Waals surface area contributed by atoms with Crippen LogP contribution in [-0.4, -0.2) is 111 Å². The summed E-state index contributed by atoms with van der Waals surface area (Å²) in [5.41, 5.74) is 13.3. The van der Waals surface area contributed by atoms with Gasteiger partial charge in [-0.2, -0.15) is 0 Å². The van der Waals surface area contributed by atoms with Crippen LogP contribution in [0.3, 0.4) is 0 Å². The fraction of sp³-hybridized carbons (Fsp3) is 0.297. The van der Waals surface area contributed by atoms with Gasteiger partial charge >= 0.3 is 17.9 Å². The molecule has 0 radical (unpaired) electrons. The maximum absolute atomic E-state index is 14.3. The Morgan fingerprint density at radius 3 is 1.60 bits per heavy atom. The molecule has 2 saturated heterocycles. The summed E-state index contributed by atoms with van der Waals surface area (Å²) in [4.78, 5) is 46.5. The Hall–Kier alpha value is -7.71. The normalized spacial score (nSPS) is 22.6. The molecule has 7 aromatic rings. The number of azide groups is 1. The molecule has 17 nitrogen and oxygen atoms in total. The van der Waals surface area contributed by atoms with Gasteiger partial charge in [0.1, 0.15) is 54.7 Å². The molecule has 7 aromatic carbocycles. The van der Waals surface area contributed by atoms with Gasteiger partial charge in [0.15, 0.2) is 18.5 Å². The monoisotopic (exact) mass is 1130 g/mol. The summed E-state index contributed by atoms with van der Waals surface area (Å²) in [6.07, 6.45) is -11.7. The molecule has 0 unspecified atom stereocenters. The van der Waals surface area contributed by atoms with E-state index in [4.69, 9.17) is 52.1 Å². The maximum Gasteiger partial charge on any atom is 0.338 e. The molecule has 11 atom stereocenters. The second-order valence-corrected chi connectivity index (χ2v) is 20.3. The number of esters is 3. The number of hydrogen-bond donors (Lipinski definition) is 0. The number of methoxy groups -OCH3 is 1. The molecule has 2 heterocycles. The minimum absolute atomic E-state index is 0.0176. The lowest BCUT2D eigenvalue weighted by atomic mass is 9.95. The molecule has 2 fully saturated rings. The first kappa shape index (κ1) is 58.9. The van der Waals surface area contributed by atoms with E-state index < -0.39 is 91.1 Å². The van der Waals surface area contributed by atoms with E-state index in [-0.39, 0.29) is 44.2 Å². The van der Waals surface area contributed by atoms with Crippen LogP contribution >= 0.6 is 11.8 Å². The number of hydrogen-bond acceptors (Lipinski definition) is 16. The lowest BCUT2D eigenvalue weighted by molar-refractivity contribution is -0.324. The van der Waals surface area contributed by atoms with E-state index in [2.05, 4.69) is 10.0 Å². The zero-order valence-electron chi connectivity index (χ0n) is 45.0. The quantitative estimate of drug-likeness (QED) is 0.0155. The van der Waals surface area contributed by atoms with Crippen molar-refractivity contribution in [2.24, 2.45) is 5.11 Å². The van der Waals surface area contributed by atoms with Crippen LogP contribution in [0.5, 0.6) is 0 Å². The van der Waals surface area contributed by atoms with Crippen LogP contribution in [0.4, 0.5) is 0 Å². The Morgan fingerprint density at radius 1 is 0.549 bits per heavy atom. The lowest BCUT2D eigenvalue weighted by Crippen LogP contribution is -2.66. The van der Waals surface area contributed by atoms with Gasteiger partial charge in [0.2, 0.25) is 0 Å². The minimum Gasteiger partial charge on any atom is -0.467 e. The average molecular weight is 1130 g/mol. The molecule has 424 valence electrons. The SMILES string of the molecule is COC(=O)[C@@H]1O[C@@H](Sc2ccccc2)[C@H](OC(=O)c2ccccc2)[C@@H](OCc2ccccc2)[C@@H]1O[C@H]1O[C@H](COC(=O)c2ccccc2)[C@@H](OC[C@H](COCc2ccccc2)OCc2ccccc2)[C@H](OCc2ccccc2)[C@H]1N=[N+]=[N-]. The average Bonchev–Trinajstić information content (AvgIpc) is 3.32. The first-order valence-electron chi connectivity index (χ1n) is 26.8. The van der Waals surface area contributed by atoms with Crippen molar-refractivity contribution in [2.45, 2.75) is 97.9 Å². The Morgan fingerprint density at radius 2 is 1.05 bits per heavy atom. The third kappa shape index (κ3) is 16.7. The van der Waals surface area contributed by atoms with Crippen LogP contribution in [0.2, 0.25) is 0 Å². The number of nitrogens with zero attached hydrogens (tertiary/aromatic N) is 3. The van der Waals surface area contributed by atoms with Gasteiger partial charge in [-0.1, -0.05) is 193 Å². The number of ether oxygens (including phenoxy) is 11. The van der Waals surface area contributed by atoms with Crippen LogP contribution < -0.4 is 0 Å². The van der Waals surface area contributed by atoms with Gasteiger partial charge in [-0.3, -0.25) is 0 Å². The van der Waals surface area contributed by atoms with Crippen molar-refractivity contribution < 1.29 is 66.5 Å². The molecule has 0 bridgehead atoms. The fourth-order valence-corrected chi connectivity index (χ4v) is 10.4. The summed E-state index contributed by atoms with van der Waals surface area (Å²) in [6.45, 7) is 0.00725. The molecule has 82 heavy (non-hydrogen) atoms. The van der Waals surface area contributed by atoms with Gasteiger partial charge in [-0.05, 0) is 64.2 Å². The maximum atomic E-state index is 14.3. The molecular weight excluding hydrogens is 1070 g/mol. The van der Waals surface area contributed by atoms with E-state index in [0.717, 1.165) is 27.1 Å². The number of carbonyl (C=O) groups is 3. The summed E-state index contributed by atoms with van der Waals surface area (Å²) in [7, 11) is 1.21. The number of benzene rings is 7. The van der Waals surface area contributed by atoms with Crippen molar-refractivity contribution in [3.05, 3.63) is 256 Å². The van der Waals surface area contributed by atoms with E-state index in [1.807, 2.05) is 152 Å². The lowest BCUT2D eigenvalue weighted by Gasteiger charge is -2.49. The summed E-state index contributed by atoms with van der Waals surface area (Å²) in [5, 5.41) is 4.30. The number of carbonyl (C=O) groups excluding carboxylic acids is 3. The minimum atomic E-state index is -1.64. The molecule has 0 N–H and O–H groups in total. The van der Waals surface area contributed by atoms with Crippen LogP contribution in [0.15, 0.2) is 222 Å². The second kappa shape index (κ2) is 30.9. The van der Waals surface area contributed by atoms with Crippen molar-refractivity contribution in [1.29, 1.82) is 0 Å². The summed E-state index contributed by atoms with van der Waals surface area (Å²) in [6, 6.07) is 62.7. The first-order valence-corrected chi connectivity index (χ1v) is 27.7. The predicted octanol–water partition coefficient (Wildman–Crippen LogP) is 10.9. The third-order valence-corrected chi connectivity index (χ3v) is 14.6. The summed E-state index contributed by atoms with van der Waals surface area (Å²) < 4.78 is 71.8. The molecule has 18 heteroatoms. The molecule has 0 aromatic heterocycles. The van der Waals surface area contributed by atoms with Gasteiger partial charge < -0.3 is 52.1 Å². The number of thioether (sulfide) groups is 1. The summed E-state index contributed by atoms with van der Waals surface area (Å²) in [5.74, 6) is -2.23. The van der Waals surface area contributed by atoms with Gasteiger partial charge in [0, 0.05) is 9.81 Å². The van der Waals surface area contributed by atoms with Gasteiger partial charge in [0.25, 0.3) is 0 Å². The molecule has 0 spiro atoms. The molecule has 0 aliphatic carbocycles. The van der Waals surface area contributed by atoms with Gasteiger partial charge in [-0.25, -0.2) is 14.4 Å². The van der Waals surface area contributed by atoms with Crippen LogP contribution in [0, 0.1) is 0 Å². The van der Waals surface area contributed by atoms with Gasteiger partial charge in [-0.15, -0.1) is 0 Å².